The van der Waals surface area contributed by atoms with Crippen molar-refractivity contribution < 1.29 is 108 Å². The van der Waals surface area contributed by atoms with Crippen LogP contribution in [0, 0.1) is 13.8 Å². The van der Waals surface area contributed by atoms with Crippen molar-refractivity contribution in [3.63, 3.8) is 0 Å². The predicted octanol–water partition coefficient (Wildman–Crippen LogP) is 0.994. The van der Waals surface area contributed by atoms with Crippen molar-refractivity contribution in [2.45, 2.75) is 125 Å². The number of aryl methyl sites for hydroxylation is 2. The van der Waals surface area contributed by atoms with Gasteiger partial charge in [0.25, 0.3) is 0 Å². The number of phosphoric acid groups is 1. The largest absolute Gasteiger partial charge is 0.472 e. The predicted molar refractivity (Wildman–Crippen MR) is 349 cm³/mol. The first-order valence-electron chi connectivity index (χ1n) is 30.6. The number of aliphatic hydroxyl groups is 1. The van der Waals surface area contributed by atoms with E-state index in [-0.39, 0.29) is 105 Å². The van der Waals surface area contributed by atoms with E-state index in [1.54, 1.807) is 20.8 Å². The number of nitrogens with two attached hydrogens (primary N) is 4. The lowest BCUT2D eigenvalue weighted by Crippen LogP contribution is -2.41. The van der Waals surface area contributed by atoms with E-state index in [1.807, 2.05) is 0 Å². The summed E-state index contributed by atoms with van der Waals surface area (Å²) in [5.74, 6) is -0.0715. The van der Waals surface area contributed by atoms with Crippen LogP contribution in [-0.4, -0.2) is 243 Å². The van der Waals surface area contributed by atoms with Crippen molar-refractivity contribution in [2.24, 2.45) is 0 Å². The second kappa shape index (κ2) is 33.4. The summed E-state index contributed by atoms with van der Waals surface area (Å²) in [5, 5.41) is 11.8. The van der Waals surface area contributed by atoms with Crippen LogP contribution in [0.4, 0.5) is 23.3 Å². The van der Waals surface area contributed by atoms with Gasteiger partial charge in [-0.2, -0.15) is 9.97 Å². The molecule has 6 aromatic rings. The summed E-state index contributed by atoms with van der Waals surface area (Å²) in [6, 6.07) is 0. The highest BCUT2D eigenvalue weighted by atomic mass is 32.7. The van der Waals surface area contributed by atoms with Crippen molar-refractivity contribution in [1.29, 1.82) is 0 Å². The summed E-state index contributed by atoms with van der Waals surface area (Å²) in [6.45, 7) is -7.55. The van der Waals surface area contributed by atoms with Gasteiger partial charge in [0, 0.05) is 52.0 Å². The van der Waals surface area contributed by atoms with Crippen LogP contribution in [-0.2, 0) is 97.7 Å². The Bertz CT molecular complexity index is 4000. The normalized spacial score (nSPS) is 29.0. The van der Waals surface area contributed by atoms with E-state index in [1.165, 1.54) is 75.3 Å². The molecule has 0 aliphatic carbocycles. The van der Waals surface area contributed by atoms with Crippen LogP contribution in [0.2, 0.25) is 0 Å². The molecule has 4 saturated heterocycles. The summed E-state index contributed by atoms with van der Waals surface area (Å²) in [6.07, 6.45) is -14.2. The fraction of sp³-hybridized carbons (Fsp3) is 0.660. The van der Waals surface area contributed by atoms with Crippen LogP contribution >= 0.6 is 45.9 Å². The van der Waals surface area contributed by atoms with Gasteiger partial charge in [0.05, 0.1) is 91.4 Å². The lowest BCUT2D eigenvalue weighted by Gasteiger charge is -2.29. The van der Waals surface area contributed by atoms with Crippen LogP contribution in [0.1, 0.15) is 49.4 Å². The summed E-state index contributed by atoms with van der Waals surface area (Å²) in [4.78, 5) is 72.0. The summed E-state index contributed by atoms with van der Waals surface area (Å²) >= 11 is 8.82. The van der Waals surface area contributed by atoms with Gasteiger partial charge >= 0.3 is 32.8 Å². The van der Waals surface area contributed by atoms with Crippen molar-refractivity contribution >= 4 is 91.5 Å². The number of thiol groups is 2. The molecule has 10 N–H and O–H groups in total. The average Bonchev–Trinajstić information content (AvgIpc) is 1.64. The molecule has 0 amide bonds. The molecular weight excluding hydrogens is 1420 g/mol. The van der Waals surface area contributed by atoms with Gasteiger partial charge in [0.15, 0.2) is 47.8 Å². The molecule has 548 valence electrons. The van der Waals surface area contributed by atoms with E-state index in [0.717, 1.165) is 9.13 Å². The number of nitrogens with zero attached hydrogens (tertiary/aromatic N) is 12. The van der Waals surface area contributed by atoms with Gasteiger partial charge in [0.1, 0.15) is 102 Å². The van der Waals surface area contributed by atoms with Crippen molar-refractivity contribution in [3.8, 4) is 0 Å². The number of anilines is 4. The topological polar surface area (TPSA) is 519 Å². The molecule has 0 aromatic carbocycles. The molecule has 6 aromatic heterocycles. The molecule has 46 heteroatoms. The molecule has 19 atom stereocenters. The van der Waals surface area contributed by atoms with Gasteiger partial charge in [-0.15, -0.1) is 0 Å². The monoisotopic (exact) mass is 1500 g/mol. The van der Waals surface area contributed by atoms with E-state index in [2.05, 4.69) is 64.4 Å². The molecule has 4 fully saturated rings. The minimum Gasteiger partial charge on any atom is -0.387 e. The lowest BCUT2D eigenvalue weighted by molar-refractivity contribution is -0.0843. The molecular formula is C53H79N16O25P3S2. The second-order valence-electron chi connectivity index (χ2n) is 22.6. The third-order valence-corrected chi connectivity index (χ3v) is 20.4. The number of methoxy groups -OCH3 is 4. The number of aromatic nitrogens is 12. The number of fused-ring (bicyclic) bond motifs is 2. The molecule has 0 spiro atoms. The Morgan fingerprint density at radius 2 is 0.848 bits per heavy atom. The van der Waals surface area contributed by atoms with E-state index >= 15 is 4.57 Å². The van der Waals surface area contributed by atoms with Crippen molar-refractivity contribution in [1.82, 2.24) is 58.1 Å². The SMILES string of the molecule is CC[C@H]1O[C@H](n2cc(C)c(N)nc2=O)[C@@H](OCCOC)C1OP(=O)(O)OC[C@H]1O[C@@H](n2cc(C)c(N)nc2=O)[C@@H](OCCOC)C1OP(=O)(S)OC[C@H]1O[C@@H](n2cnc3c(N)ncnc32)[C@@H](OCCOC)C1OP(=O)(S)OC[C@H]1O[C@@H](n2cnc3c(N)ncnc32)[C@@H](OCCOC)C1O. The quantitative estimate of drug-likeness (QED) is 0.0154. The molecule has 10 rings (SSSR count). The number of rotatable bonds is 36. The summed E-state index contributed by atoms with van der Waals surface area (Å²) in [7, 11) is 0.359. The maximum Gasteiger partial charge on any atom is 0.472 e. The minimum absolute atomic E-state index is 0.000639. The lowest BCUT2D eigenvalue weighted by atomic mass is 10.1. The van der Waals surface area contributed by atoms with Gasteiger partial charge in [-0.1, -0.05) is 31.4 Å². The smallest absolute Gasteiger partial charge is 0.387 e. The van der Waals surface area contributed by atoms with E-state index in [9.17, 15) is 28.7 Å². The zero-order valence-electron chi connectivity index (χ0n) is 54.4. The van der Waals surface area contributed by atoms with Crippen LogP contribution in [0.25, 0.3) is 22.3 Å². The molecule has 4 aliphatic rings. The highest BCUT2D eigenvalue weighted by Crippen LogP contribution is 2.60. The van der Waals surface area contributed by atoms with Gasteiger partial charge in [-0.3, -0.25) is 45.4 Å². The number of aliphatic hydroxyl groups excluding tert-OH is 1. The fourth-order valence-corrected chi connectivity index (χ4v) is 15.3. The molecule has 7 unspecified atom stereocenters. The molecule has 41 nitrogen and oxygen atoms in total. The molecule has 4 aliphatic heterocycles. The third-order valence-electron chi connectivity index (χ3n) is 16.2. The average molecular weight is 1500 g/mol. The van der Waals surface area contributed by atoms with Crippen LogP contribution in [0.15, 0.2) is 47.3 Å². The molecule has 0 bridgehead atoms. The number of hydrogen-bond acceptors (Lipinski definition) is 36. The zero-order valence-corrected chi connectivity index (χ0v) is 58.9. The van der Waals surface area contributed by atoms with E-state index in [0.29, 0.717) is 11.1 Å². The Hall–Kier alpha value is -5.35. The molecule has 99 heavy (non-hydrogen) atoms. The Labute approximate surface area is 574 Å². The maximum atomic E-state index is 15.2. The Morgan fingerprint density at radius 3 is 1.27 bits per heavy atom. The standard InChI is InChI=1S/C53H79N16O25P3S2/c1-8-28-35(39(82-14-10-78-5)49(88-28)66-17-26(2)42(54)64-52(66)71)92-95(73,74)85-20-30-36(40(83-15-11-79-6)50(90-30)67-18-27(3)43(55)65-53(67)72)93-97(76,99)87-21-31-37(41(84-16-12-80-7)51(91-31)69-25-63-33-45(57)59-23-61-47(33)69)94-96(75,98)86-19-29-34(70)38(81-13-9-77-4)48(89-29)68-24-62-32-44(56)58-22-60-46(32)68/h17-18,22-25,28-31,34-41,48-51,70H,8-16,19-21H2,1-7H3,(H,73,74)(H,75,98)(H,76,99)(H2,54,64,71)(H2,55,65,72)(H2,56,58,60)(H2,57,59,61)/t28-,29-,30-,31-,34?,35?,36?,37?,38+,39+,40+,41+,48-,49+,50-,51-,96?,97?/m1/s1. The molecule has 10 heterocycles. The first kappa shape index (κ1) is 76.3. The van der Waals surface area contributed by atoms with Gasteiger partial charge in [-0.05, 0) is 20.3 Å². The summed E-state index contributed by atoms with van der Waals surface area (Å²) in [5.41, 5.74) is 24.0. The van der Waals surface area contributed by atoms with Crippen LogP contribution in [0.3, 0.4) is 0 Å². The van der Waals surface area contributed by atoms with Crippen molar-refractivity contribution in [2.75, 3.05) is 124 Å². The van der Waals surface area contributed by atoms with Gasteiger partial charge in [0.2, 0.25) is 0 Å². The fourth-order valence-electron chi connectivity index (χ4n) is 11.3. The number of phosphoric ester groups is 1. The zero-order chi connectivity index (χ0) is 71.1. The van der Waals surface area contributed by atoms with Crippen molar-refractivity contribution in [3.05, 3.63) is 69.8 Å². The highest BCUT2D eigenvalue weighted by Gasteiger charge is 2.56. The number of hydrogen-bond donors (Lipinski definition) is 8. The van der Waals surface area contributed by atoms with E-state index in [4.69, 9.17) is 107 Å². The Morgan fingerprint density at radius 1 is 0.485 bits per heavy atom. The van der Waals surface area contributed by atoms with E-state index < -0.39 is 151 Å². The summed E-state index contributed by atoms with van der Waals surface area (Å²) < 4.78 is 157. The Balaban J connectivity index is 0.935. The number of nitrogen functional groups attached to an aromatic ring is 4. The minimum atomic E-state index is -5.35. The van der Waals surface area contributed by atoms with Crippen LogP contribution in [0.5, 0.6) is 0 Å². The molecule has 0 radical (unpaired) electrons. The van der Waals surface area contributed by atoms with Gasteiger partial charge in [-0.25, -0.2) is 53.2 Å². The maximum absolute atomic E-state index is 15.2. The number of ether oxygens (including phenoxy) is 12. The Kier molecular flexibility index (Phi) is 25.7. The first-order valence-corrected chi connectivity index (χ1v) is 37.5. The molecule has 0 saturated carbocycles. The number of imidazole rings is 2. The first-order chi connectivity index (χ1) is 47.3. The second-order valence-corrected chi connectivity index (χ2v) is 29.8. The highest BCUT2D eigenvalue weighted by molar-refractivity contribution is 8.44. The third kappa shape index (κ3) is 17.7. The van der Waals surface area contributed by atoms with Crippen LogP contribution < -0.4 is 34.3 Å². The van der Waals surface area contributed by atoms with Gasteiger partial charge < -0.3 is 89.8 Å².